The molecule has 244 valence electrons. The highest BCUT2D eigenvalue weighted by Crippen LogP contribution is 2.26. The lowest BCUT2D eigenvalue weighted by Gasteiger charge is -2.14. The van der Waals surface area contributed by atoms with Gasteiger partial charge in [0.1, 0.15) is 17.2 Å². The van der Waals surface area contributed by atoms with Gasteiger partial charge in [-0.2, -0.15) is 0 Å². The number of para-hydroxylation sites is 1. The van der Waals surface area contributed by atoms with Gasteiger partial charge in [0.2, 0.25) is 5.91 Å². The number of benzene rings is 3. The molecule has 0 radical (unpaired) electrons. The Kier molecular flexibility index (Phi) is 18.0. The Morgan fingerprint density at radius 1 is 0.667 bits per heavy atom. The second-order valence-electron chi connectivity index (χ2n) is 9.63. The smallest absolute Gasteiger partial charge is 0.257 e. The van der Waals surface area contributed by atoms with Crippen LogP contribution in [0.5, 0.6) is 17.2 Å². The zero-order valence-corrected chi connectivity index (χ0v) is 26.6. The second-order valence-corrected chi connectivity index (χ2v) is 9.63. The lowest BCUT2D eigenvalue weighted by molar-refractivity contribution is -0.116. The number of nitrogens with one attached hydrogen (secondary N) is 2. The lowest BCUT2D eigenvalue weighted by atomic mass is 10.1. The first-order valence-electron chi connectivity index (χ1n) is 14.1. The van der Waals surface area contributed by atoms with E-state index in [2.05, 4.69) is 20.6 Å². The largest absolute Gasteiger partial charge is 0.494 e. The van der Waals surface area contributed by atoms with Gasteiger partial charge in [0.25, 0.3) is 5.91 Å². The third kappa shape index (κ3) is 15.1. The summed E-state index contributed by atoms with van der Waals surface area (Å²) in [7, 11) is 0. The van der Waals surface area contributed by atoms with Crippen LogP contribution in [0, 0.1) is 0 Å². The lowest BCUT2D eigenvalue weighted by Crippen LogP contribution is -2.23. The van der Waals surface area contributed by atoms with Crippen molar-refractivity contribution in [3.63, 3.8) is 0 Å². The summed E-state index contributed by atoms with van der Waals surface area (Å²) < 4.78 is 11.7. The molecule has 0 saturated heterocycles. The number of carbonyl (C=O) groups is 2. The third-order valence-electron chi connectivity index (χ3n) is 6.07. The average molecular weight is 662 g/mol. The van der Waals surface area contributed by atoms with Gasteiger partial charge in [0.05, 0.1) is 17.9 Å². The summed E-state index contributed by atoms with van der Waals surface area (Å²) in [5.74, 6) is 1.34. The Morgan fingerprint density at radius 3 is 1.91 bits per heavy atom. The molecule has 14 heteroatoms. The molecule has 0 unspecified atom stereocenters. The maximum Gasteiger partial charge on any atom is 0.257 e. The van der Waals surface area contributed by atoms with Crippen LogP contribution in [0.25, 0.3) is 0 Å². The summed E-state index contributed by atoms with van der Waals surface area (Å²) in [5.41, 5.74) is 22.6. The van der Waals surface area contributed by atoms with E-state index in [4.69, 9.17) is 32.4 Å². The van der Waals surface area contributed by atoms with Crippen molar-refractivity contribution in [1.82, 2.24) is 0 Å². The minimum Gasteiger partial charge on any atom is -0.494 e. The van der Waals surface area contributed by atoms with Crippen LogP contribution in [0.4, 0.5) is 11.4 Å². The monoisotopic (exact) mass is 660 g/mol. The summed E-state index contributed by atoms with van der Waals surface area (Å²) in [5, 5.41) is 5.75. The van der Waals surface area contributed by atoms with Crippen molar-refractivity contribution in [1.29, 1.82) is 0 Å². The molecular weight excluding hydrogens is 619 g/mol. The molecule has 0 aliphatic heterocycles. The molecule has 0 atom stereocenters. The molecule has 3 rings (SSSR count). The first-order valence-corrected chi connectivity index (χ1v) is 14.1. The molecule has 3 aromatic rings. The number of nitrogens with zero attached hydrogens (tertiary/aromatic N) is 2. The number of anilines is 2. The number of guanidine groups is 2. The number of amides is 2. The highest BCUT2D eigenvalue weighted by atomic mass is 35.5. The molecule has 3 aromatic carbocycles. The Hall–Kier alpha value is -4.68. The van der Waals surface area contributed by atoms with Crippen molar-refractivity contribution in [2.24, 2.45) is 32.9 Å². The number of rotatable bonds is 17. The normalized spacial score (nSPS) is 9.87. The summed E-state index contributed by atoms with van der Waals surface area (Å²) in [4.78, 5) is 34.0. The first-order chi connectivity index (χ1) is 20.8. The summed E-state index contributed by atoms with van der Waals surface area (Å²) in [6.07, 6.45) is 3.97. The van der Waals surface area contributed by atoms with Gasteiger partial charge in [0, 0.05) is 25.2 Å². The Labute approximate surface area is 275 Å². The van der Waals surface area contributed by atoms with Gasteiger partial charge >= 0.3 is 0 Å². The molecular formula is C31H42Cl2N8O4. The average Bonchev–Trinajstić information content (AvgIpc) is 2.98. The maximum absolute atomic E-state index is 13.4. The quantitative estimate of drug-likeness (QED) is 0.0673. The van der Waals surface area contributed by atoms with Crippen molar-refractivity contribution in [3.8, 4) is 17.2 Å². The molecule has 12 nitrogen and oxygen atoms in total. The van der Waals surface area contributed by atoms with Crippen molar-refractivity contribution >= 4 is 59.9 Å². The van der Waals surface area contributed by atoms with E-state index < -0.39 is 5.91 Å². The van der Waals surface area contributed by atoms with Gasteiger partial charge in [0.15, 0.2) is 11.9 Å². The van der Waals surface area contributed by atoms with Crippen molar-refractivity contribution < 1.29 is 19.1 Å². The van der Waals surface area contributed by atoms with Crippen LogP contribution in [0.15, 0.2) is 82.8 Å². The van der Waals surface area contributed by atoms with Crippen molar-refractivity contribution in [2.45, 2.75) is 38.5 Å². The number of nitrogens with two attached hydrogens (primary N) is 4. The van der Waals surface area contributed by atoms with E-state index >= 15 is 0 Å². The number of ether oxygens (including phenoxy) is 2. The van der Waals surface area contributed by atoms with Gasteiger partial charge < -0.3 is 43.0 Å². The second kappa shape index (κ2) is 21.1. The van der Waals surface area contributed by atoms with E-state index in [-0.39, 0.29) is 48.2 Å². The SMILES string of the molecule is Cl.Cl.NC(N)=NCCCCCC(=O)Nc1ccc(OCCCCN=C(N)N)cc1C(=O)Nc1ccc(Oc2ccccc2)cc1. The highest BCUT2D eigenvalue weighted by Gasteiger charge is 2.16. The molecule has 10 N–H and O–H groups in total. The van der Waals surface area contributed by atoms with Crippen LogP contribution >= 0.6 is 24.8 Å². The molecule has 0 fully saturated rings. The van der Waals surface area contributed by atoms with Crippen LogP contribution in [0.2, 0.25) is 0 Å². The number of carbonyl (C=O) groups excluding carboxylic acids is 2. The number of halogens is 2. The fourth-order valence-electron chi connectivity index (χ4n) is 3.95. The van der Waals surface area contributed by atoms with Gasteiger partial charge in [-0.15, -0.1) is 24.8 Å². The fourth-order valence-corrected chi connectivity index (χ4v) is 3.95. The summed E-state index contributed by atoms with van der Waals surface area (Å²) in [6, 6.07) is 21.4. The van der Waals surface area contributed by atoms with Crippen LogP contribution in [-0.2, 0) is 4.79 Å². The first kappa shape index (κ1) is 38.3. The standard InChI is InChI=1S/C31H40N8O4.2ClH/c32-30(33)36-18-6-2-5-11-28(40)39-27-17-16-25(42-20-8-7-19-37-31(34)35)21-26(27)29(41)38-22-12-14-24(15-13-22)43-23-9-3-1-4-10-23;;/h1,3-4,9-10,12-17,21H,2,5-8,11,18-20H2,(H,38,41)(H,39,40)(H4,32,33,36)(H4,34,35,37);2*1H. The van der Waals surface area contributed by atoms with Crippen molar-refractivity contribution in [3.05, 3.63) is 78.4 Å². The van der Waals surface area contributed by atoms with Crippen LogP contribution < -0.4 is 43.0 Å². The fraction of sp³-hybridized carbons (Fsp3) is 0.290. The minimum atomic E-state index is -0.400. The van der Waals surface area contributed by atoms with Crippen LogP contribution in [-0.4, -0.2) is 43.4 Å². The van der Waals surface area contributed by atoms with Crippen LogP contribution in [0.3, 0.4) is 0 Å². The molecule has 0 spiro atoms. The summed E-state index contributed by atoms with van der Waals surface area (Å²) in [6.45, 7) is 1.44. The molecule has 0 aromatic heterocycles. The molecule has 0 bridgehead atoms. The zero-order chi connectivity index (χ0) is 30.9. The van der Waals surface area contributed by atoms with Gasteiger partial charge in [-0.1, -0.05) is 24.6 Å². The van der Waals surface area contributed by atoms with Crippen LogP contribution in [0.1, 0.15) is 48.9 Å². The molecule has 0 aliphatic carbocycles. The molecule has 45 heavy (non-hydrogen) atoms. The number of hydrogen-bond acceptors (Lipinski definition) is 6. The van der Waals surface area contributed by atoms with E-state index in [1.807, 2.05) is 30.3 Å². The van der Waals surface area contributed by atoms with Gasteiger partial charge in [-0.3, -0.25) is 19.6 Å². The predicted molar refractivity (Wildman–Crippen MR) is 185 cm³/mol. The van der Waals surface area contributed by atoms with Gasteiger partial charge in [-0.05, 0) is 80.3 Å². The summed E-state index contributed by atoms with van der Waals surface area (Å²) >= 11 is 0. The van der Waals surface area contributed by atoms with E-state index in [1.54, 1.807) is 42.5 Å². The molecule has 0 heterocycles. The van der Waals surface area contributed by atoms with Crippen molar-refractivity contribution in [2.75, 3.05) is 30.3 Å². The number of aliphatic imine (C=N–C) groups is 2. The van der Waals surface area contributed by atoms with E-state index in [0.29, 0.717) is 61.2 Å². The zero-order valence-electron chi connectivity index (χ0n) is 24.9. The molecule has 2 amide bonds. The number of unbranched alkanes of at least 4 members (excludes halogenated alkanes) is 3. The number of hydrogen-bond donors (Lipinski definition) is 6. The predicted octanol–water partition coefficient (Wildman–Crippen LogP) is 4.78. The minimum absolute atomic E-state index is 0. The highest BCUT2D eigenvalue weighted by molar-refractivity contribution is 6.10. The molecule has 0 aliphatic rings. The third-order valence-corrected chi connectivity index (χ3v) is 6.07. The Balaban J connectivity index is 0.00000506. The van der Waals surface area contributed by atoms with E-state index in [9.17, 15) is 9.59 Å². The van der Waals surface area contributed by atoms with E-state index in [1.165, 1.54) is 0 Å². The van der Waals surface area contributed by atoms with Gasteiger partial charge in [-0.25, -0.2) is 0 Å². The molecule has 0 saturated carbocycles. The topological polar surface area (TPSA) is 205 Å². The Bertz CT molecular complexity index is 1380. The maximum atomic E-state index is 13.4. The Morgan fingerprint density at radius 2 is 1.27 bits per heavy atom. The van der Waals surface area contributed by atoms with E-state index in [0.717, 1.165) is 25.7 Å².